The lowest BCUT2D eigenvalue weighted by Crippen LogP contribution is -2.28. The van der Waals surface area contributed by atoms with Gasteiger partial charge in [-0.15, -0.1) is 11.3 Å². The molecule has 0 aliphatic carbocycles. The molecule has 2 N–H and O–H groups in total. The van der Waals surface area contributed by atoms with Crippen molar-refractivity contribution in [3.63, 3.8) is 0 Å². The molecule has 0 spiro atoms. The maximum Gasteiger partial charge on any atom is 0.333 e. The first kappa shape index (κ1) is 15.2. The highest BCUT2D eigenvalue weighted by molar-refractivity contribution is 7.84. The number of hydrogen-bond acceptors (Lipinski definition) is 6. The molecule has 2 heterocycles. The number of rotatable bonds is 4. The van der Waals surface area contributed by atoms with Gasteiger partial charge in [0.05, 0.1) is 10.9 Å². The van der Waals surface area contributed by atoms with Crippen molar-refractivity contribution >= 4 is 33.2 Å². The number of nitrogens with two attached hydrogens (primary N) is 1. The highest BCUT2D eigenvalue weighted by atomic mass is 35.5. The second-order valence-corrected chi connectivity index (χ2v) is 7.48. The molecule has 1 aromatic heterocycles. The van der Waals surface area contributed by atoms with E-state index in [0.29, 0.717) is 4.34 Å². The Morgan fingerprint density at radius 2 is 2.16 bits per heavy atom. The summed E-state index contributed by atoms with van der Waals surface area (Å²) in [5, 5.41) is 4.80. The first-order valence-electron chi connectivity index (χ1n) is 5.44. The monoisotopic (exact) mass is 327 g/mol. The van der Waals surface area contributed by atoms with Crippen LogP contribution in [0.25, 0.3) is 0 Å². The fraction of sp³-hybridized carbons (Fsp3) is 0.600. The third kappa shape index (κ3) is 4.12. The molecule has 2 rings (SSSR count). The average Bonchev–Trinajstić information content (AvgIpc) is 2.78. The molecule has 0 unspecified atom stereocenters. The third-order valence-electron chi connectivity index (χ3n) is 2.45. The standard InChI is InChI=1S/C10H14ClNO5S2/c1-10(2)16-6(5-15-19(12,13)14)9(17-10)7-3-4-8(11)18-7/h3-4,6,9H,5H2,1-2H3,(H2,12,13,14)/t6-,9+/m0/s1. The molecule has 1 fully saturated rings. The smallest absolute Gasteiger partial charge is 0.333 e. The second kappa shape index (κ2) is 5.28. The Labute approximate surface area is 120 Å². The fourth-order valence-electron chi connectivity index (χ4n) is 1.84. The zero-order chi connectivity index (χ0) is 14.3. The topological polar surface area (TPSA) is 87.9 Å². The summed E-state index contributed by atoms with van der Waals surface area (Å²) in [7, 11) is -4.01. The minimum atomic E-state index is -4.01. The van der Waals surface area contributed by atoms with Crippen molar-refractivity contribution in [2.75, 3.05) is 6.61 Å². The van der Waals surface area contributed by atoms with Crippen LogP contribution >= 0.6 is 22.9 Å². The highest BCUT2D eigenvalue weighted by Gasteiger charge is 2.43. The van der Waals surface area contributed by atoms with E-state index in [-0.39, 0.29) is 6.61 Å². The van der Waals surface area contributed by atoms with Gasteiger partial charge in [0.25, 0.3) is 0 Å². The highest BCUT2D eigenvalue weighted by Crippen LogP contribution is 2.41. The van der Waals surface area contributed by atoms with Crippen molar-refractivity contribution in [3.8, 4) is 0 Å². The lowest BCUT2D eigenvalue weighted by atomic mass is 10.2. The predicted molar refractivity (Wildman–Crippen MR) is 71.2 cm³/mol. The summed E-state index contributed by atoms with van der Waals surface area (Å²) in [6, 6.07) is 3.56. The molecule has 0 bridgehead atoms. The number of thiophene rings is 1. The van der Waals surface area contributed by atoms with Crippen LogP contribution < -0.4 is 5.14 Å². The van der Waals surface area contributed by atoms with E-state index in [0.717, 1.165) is 4.88 Å². The van der Waals surface area contributed by atoms with Crippen molar-refractivity contribution in [1.82, 2.24) is 0 Å². The second-order valence-electron chi connectivity index (χ2n) is 4.51. The van der Waals surface area contributed by atoms with Gasteiger partial charge in [-0.2, -0.15) is 8.42 Å². The molecule has 19 heavy (non-hydrogen) atoms. The molecule has 1 aliphatic rings. The van der Waals surface area contributed by atoms with Crippen LogP contribution in [0.5, 0.6) is 0 Å². The number of ether oxygens (including phenoxy) is 2. The maximum absolute atomic E-state index is 10.8. The minimum Gasteiger partial charge on any atom is -0.342 e. The van der Waals surface area contributed by atoms with Crippen molar-refractivity contribution in [1.29, 1.82) is 0 Å². The van der Waals surface area contributed by atoms with Crippen LogP contribution in [0.1, 0.15) is 24.8 Å². The van der Waals surface area contributed by atoms with Crippen molar-refractivity contribution in [2.45, 2.75) is 31.8 Å². The molecule has 0 aromatic carbocycles. The Hall–Kier alpha value is -0.220. The molecule has 0 amide bonds. The van der Waals surface area contributed by atoms with Crippen LogP contribution in [0.3, 0.4) is 0 Å². The minimum absolute atomic E-state index is 0.206. The maximum atomic E-state index is 10.8. The predicted octanol–water partition coefficient (Wildman–Crippen LogP) is 1.81. The first-order valence-corrected chi connectivity index (χ1v) is 8.11. The van der Waals surface area contributed by atoms with E-state index in [2.05, 4.69) is 4.18 Å². The van der Waals surface area contributed by atoms with Gasteiger partial charge in [-0.3, -0.25) is 4.18 Å². The quantitative estimate of drug-likeness (QED) is 0.911. The molecule has 2 atom stereocenters. The Balaban J connectivity index is 2.15. The summed E-state index contributed by atoms with van der Waals surface area (Å²) in [5.74, 6) is -0.826. The summed E-state index contributed by atoms with van der Waals surface area (Å²) >= 11 is 7.23. The van der Waals surface area contributed by atoms with Crippen LogP contribution in [-0.4, -0.2) is 26.9 Å². The molecule has 6 nitrogen and oxygen atoms in total. The molecule has 108 valence electrons. The third-order valence-corrected chi connectivity index (χ3v) is 4.21. The van der Waals surface area contributed by atoms with Gasteiger partial charge in [-0.05, 0) is 26.0 Å². The van der Waals surface area contributed by atoms with Gasteiger partial charge in [-0.25, -0.2) is 5.14 Å². The van der Waals surface area contributed by atoms with Crippen LogP contribution in [-0.2, 0) is 24.0 Å². The van der Waals surface area contributed by atoms with Crippen LogP contribution in [0, 0.1) is 0 Å². The SMILES string of the molecule is CC1(C)O[C@@H](COS(N)(=O)=O)[C@H](c2ccc(Cl)s2)O1. The summed E-state index contributed by atoms with van der Waals surface area (Å²) in [6.45, 7) is 3.28. The molecular formula is C10H14ClNO5S2. The Morgan fingerprint density at radius 1 is 1.47 bits per heavy atom. The first-order chi connectivity index (χ1) is 8.66. The van der Waals surface area contributed by atoms with E-state index < -0.39 is 28.3 Å². The van der Waals surface area contributed by atoms with Gasteiger partial charge >= 0.3 is 10.3 Å². The van der Waals surface area contributed by atoms with Gasteiger partial charge < -0.3 is 9.47 Å². The normalized spacial score (nSPS) is 26.7. The fourth-order valence-corrected chi connectivity index (χ4v) is 3.31. The zero-order valence-corrected chi connectivity index (χ0v) is 12.7. The molecule has 0 saturated carbocycles. The van der Waals surface area contributed by atoms with Crippen molar-refractivity contribution < 1.29 is 22.1 Å². The average molecular weight is 328 g/mol. The number of hydrogen-bond donors (Lipinski definition) is 1. The summed E-state index contributed by atoms with van der Waals surface area (Å²) in [6.07, 6.45) is -1.00. The lowest BCUT2D eigenvalue weighted by molar-refractivity contribution is -0.148. The van der Waals surface area contributed by atoms with Gasteiger partial charge in [0, 0.05) is 4.88 Å². The van der Waals surface area contributed by atoms with E-state index >= 15 is 0 Å². The molecule has 1 aromatic rings. The van der Waals surface area contributed by atoms with E-state index in [1.807, 2.05) is 6.07 Å². The summed E-state index contributed by atoms with van der Waals surface area (Å²) in [5.41, 5.74) is 0. The summed E-state index contributed by atoms with van der Waals surface area (Å²) in [4.78, 5) is 0.846. The Bertz CT molecular complexity index is 556. The van der Waals surface area contributed by atoms with Gasteiger partial charge in [0.1, 0.15) is 12.2 Å². The molecule has 0 radical (unpaired) electrons. The molecule has 1 saturated heterocycles. The van der Waals surface area contributed by atoms with Crippen LogP contribution in [0.4, 0.5) is 0 Å². The Morgan fingerprint density at radius 3 is 2.68 bits per heavy atom. The van der Waals surface area contributed by atoms with E-state index in [4.69, 9.17) is 26.2 Å². The summed E-state index contributed by atoms with van der Waals surface area (Å²) < 4.78 is 38.2. The molecular weight excluding hydrogens is 314 g/mol. The van der Waals surface area contributed by atoms with Gasteiger partial charge in [0.15, 0.2) is 5.79 Å². The van der Waals surface area contributed by atoms with Crippen LogP contribution in [0.2, 0.25) is 4.34 Å². The molecule has 9 heteroatoms. The van der Waals surface area contributed by atoms with E-state index in [1.165, 1.54) is 11.3 Å². The van der Waals surface area contributed by atoms with Crippen LogP contribution in [0.15, 0.2) is 12.1 Å². The Kier molecular flexibility index (Phi) is 4.22. The van der Waals surface area contributed by atoms with Crippen molar-refractivity contribution in [2.24, 2.45) is 5.14 Å². The van der Waals surface area contributed by atoms with Crippen molar-refractivity contribution in [3.05, 3.63) is 21.3 Å². The largest absolute Gasteiger partial charge is 0.342 e. The van der Waals surface area contributed by atoms with Gasteiger partial charge in [-0.1, -0.05) is 11.6 Å². The zero-order valence-electron chi connectivity index (χ0n) is 10.3. The molecule has 1 aliphatic heterocycles. The van der Waals surface area contributed by atoms with E-state index in [1.54, 1.807) is 19.9 Å². The lowest BCUT2D eigenvalue weighted by Gasteiger charge is -2.16. The number of halogens is 1. The van der Waals surface area contributed by atoms with E-state index in [9.17, 15) is 8.42 Å². The van der Waals surface area contributed by atoms with Gasteiger partial charge in [0.2, 0.25) is 0 Å².